The van der Waals surface area contributed by atoms with Gasteiger partial charge in [-0.15, -0.1) is 0 Å². The topological polar surface area (TPSA) is 97.5 Å². The van der Waals surface area contributed by atoms with Gasteiger partial charge in [0.05, 0.1) is 0 Å². The Labute approximate surface area is 87.7 Å². The van der Waals surface area contributed by atoms with E-state index in [1.165, 1.54) is 12.1 Å². The second-order valence-corrected chi connectivity index (χ2v) is 5.08. The number of hydrogen-bond donors (Lipinski definition) is 2. The molecule has 0 spiro atoms. The zero-order valence-electron chi connectivity index (χ0n) is 8.04. The van der Waals surface area contributed by atoms with Gasteiger partial charge in [0.1, 0.15) is 0 Å². The van der Waals surface area contributed by atoms with Crippen molar-refractivity contribution in [3.63, 3.8) is 0 Å². The maximum atomic E-state index is 11.6. The highest BCUT2D eigenvalue weighted by Crippen LogP contribution is 2.15. The second-order valence-electron chi connectivity index (χ2n) is 3.28. The SMILES string of the molecule is CC(N)(C(=O)c1ccccc1)S(=O)(=O)O. The lowest BCUT2D eigenvalue weighted by Gasteiger charge is -2.18. The highest BCUT2D eigenvalue weighted by atomic mass is 32.2. The Kier molecular flexibility index (Phi) is 2.94. The van der Waals surface area contributed by atoms with Crippen molar-refractivity contribution < 1.29 is 17.8 Å². The summed E-state index contributed by atoms with van der Waals surface area (Å²) < 4.78 is 30.6. The van der Waals surface area contributed by atoms with E-state index in [1.54, 1.807) is 18.2 Å². The Morgan fingerprint density at radius 3 is 2.20 bits per heavy atom. The van der Waals surface area contributed by atoms with Gasteiger partial charge >= 0.3 is 0 Å². The molecule has 0 saturated heterocycles. The average molecular weight is 229 g/mol. The van der Waals surface area contributed by atoms with E-state index >= 15 is 0 Å². The largest absolute Gasteiger partial charge is 0.304 e. The van der Waals surface area contributed by atoms with Crippen molar-refractivity contribution in [3.8, 4) is 0 Å². The van der Waals surface area contributed by atoms with Crippen molar-refractivity contribution in [2.45, 2.75) is 11.8 Å². The standard InChI is InChI=1S/C9H11NO4S/c1-9(10,15(12,13)14)8(11)7-5-3-2-4-6-7/h2-6H,10H2,1H3,(H,12,13,14). The predicted molar refractivity (Wildman–Crippen MR) is 54.9 cm³/mol. The Morgan fingerprint density at radius 2 is 1.80 bits per heavy atom. The van der Waals surface area contributed by atoms with Crippen molar-refractivity contribution in [2.24, 2.45) is 5.73 Å². The van der Waals surface area contributed by atoms with Crippen molar-refractivity contribution in [3.05, 3.63) is 35.9 Å². The first-order valence-electron chi connectivity index (χ1n) is 4.12. The molecule has 5 nitrogen and oxygen atoms in total. The van der Waals surface area contributed by atoms with E-state index in [0.29, 0.717) is 0 Å². The molecule has 0 aliphatic rings. The maximum absolute atomic E-state index is 11.6. The van der Waals surface area contributed by atoms with Gasteiger partial charge in [-0.1, -0.05) is 30.3 Å². The molecule has 1 aromatic rings. The molecule has 0 radical (unpaired) electrons. The third-order valence-electron chi connectivity index (χ3n) is 2.02. The van der Waals surface area contributed by atoms with Gasteiger partial charge in [-0.3, -0.25) is 9.35 Å². The van der Waals surface area contributed by atoms with E-state index in [-0.39, 0.29) is 5.56 Å². The molecule has 0 heterocycles. The van der Waals surface area contributed by atoms with Crippen LogP contribution in [0.1, 0.15) is 17.3 Å². The van der Waals surface area contributed by atoms with Crippen molar-refractivity contribution in [1.29, 1.82) is 0 Å². The fraction of sp³-hybridized carbons (Fsp3) is 0.222. The predicted octanol–water partition coefficient (Wildman–Crippen LogP) is 0.432. The smallest absolute Gasteiger partial charge is 0.291 e. The molecule has 82 valence electrons. The molecule has 15 heavy (non-hydrogen) atoms. The number of hydrogen-bond acceptors (Lipinski definition) is 4. The normalized spacial score (nSPS) is 15.7. The van der Waals surface area contributed by atoms with Crippen LogP contribution in [0.25, 0.3) is 0 Å². The summed E-state index contributed by atoms with van der Waals surface area (Å²) in [6, 6.07) is 7.69. The minimum absolute atomic E-state index is 0.139. The molecule has 1 unspecified atom stereocenters. The van der Waals surface area contributed by atoms with Crippen LogP contribution in [0.15, 0.2) is 30.3 Å². The summed E-state index contributed by atoms with van der Waals surface area (Å²) in [7, 11) is -4.62. The van der Waals surface area contributed by atoms with E-state index in [0.717, 1.165) is 6.92 Å². The number of carbonyl (C=O) groups is 1. The Balaban J connectivity index is 3.17. The van der Waals surface area contributed by atoms with Crippen LogP contribution in [0.2, 0.25) is 0 Å². The van der Waals surface area contributed by atoms with Crippen molar-refractivity contribution >= 4 is 15.9 Å². The summed E-state index contributed by atoms with van der Waals surface area (Å²) in [4.78, 5) is 9.34. The molecule has 3 N–H and O–H groups in total. The third kappa shape index (κ3) is 2.23. The van der Waals surface area contributed by atoms with E-state index in [9.17, 15) is 13.2 Å². The highest BCUT2D eigenvalue weighted by Gasteiger charge is 2.41. The van der Waals surface area contributed by atoms with Crippen molar-refractivity contribution in [1.82, 2.24) is 0 Å². The van der Waals surface area contributed by atoms with Gasteiger partial charge in [-0.05, 0) is 6.92 Å². The maximum Gasteiger partial charge on any atom is 0.291 e. The third-order valence-corrected chi connectivity index (χ3v) is 3.28. The van der Waals surface area contributed by atoms with Crippen LogP contribution in [-0.4, -0.2) is 23.6 Å². The lowest BCUT2D eigenvalue weighted by atomic mass is 10.1. The Hall–Kier alpha value is -1.24. The molecule has 0 saturated carbocycles. The molecule has 1 rings (SSSR count). The van der Waals surface area contributed by atoms with Crippen LogP contribution < -0.4 is 5.73 Å². The molecule has 0 fully saturated rings. The first-order chi connectivity index (χ1) is 6.77. The molecular weight excluding hydrogens is 218 g/mol. The van der Waals surface area contributed by atoms with Gasteiger partial charge < -0.3 is 5.73 Å². The molecule has 0 amide bonds. The number of nitrogens with two attached hydrogens (primary N) is 1. The molecule has 0 bridgehead atoms. The monoisotopic (exact) mass is 229 g/mol. The van der Waals surface area contributed by atoms with Crippen LogP contribution in [-0.2, 0) is 10.1 Å². The molecular formula is C9H11NO4S. The number of benzene rings is 1. The Morgan fingerprint density at radius 1 is 1.33 bits per heavy atom. The van der Waals surface area contributed by atoms with Gasteiger partial charge in [-0.25, -0.2) is 0 Å². The molecule has 1 atom stereocenters. The summed E-state index contributed by atoms with van der Waals surface area (Å²) in [6.07, 6.45) is 0. The quantitative estimate of drug-likeness (QED) is 0.578. The highest BCUT2D eigenvalue weighted by molar-refractivity contribution is 7.88. The molecule has 0 aliphatic heterocycles. The van der Waals surface area contributed by atoms with Crippen LogP contribution in [0, 0.1) is 0 Å². The fourth-order valence-corrected chi connectivity index (χ4v) is 1.35. The van der Waals surface area contributed by atoms with Gasteiger partial charge in [0.25, 0.3) is 10.1 Å². The lowest BCUT2D eigenvalue weighted by molar-refractivity contribution is 0.0944. The summed E-state index contributed by atoms with van der Waals surface area (Å²) in [5, 5.41) is 0. The zero-order chi connectivity index (χ0) is 11.7. The average Bonchev–Trinajstić information content (AvgIpc) is 2.16. The zero-order valence-corrected chi connectivity index (χ0v) is 8.86. The lowest BCUT2D eigenvalue weighted by Crippen LogP contribution is -2.51. The van der Waals surface area contributed by atoms with Crippen LogP contribution in [0.3, 0.4) is 0 Å². The molecule has 6 heteroatoms. The molecule has 0 aliphatic carbocycles. The number of ketones is 1. The van der Waals surface area contributed by atoms with E-state index in [2.05, 4.69) is 0 Å². The second kappa shape index (κ2) is 3.73. The van der Waals surface area contributed by atoms with Crippen LogP contribution in [0.5, 0.6) is 0 Å². The Bertz CT molecular complexity index is 464. The number of Topliss-reactive ketones (excluding diaryl/α,β-unsaturated/α-hetero) is 1. The molecule has 1 aromatic carbocycles. The summed E-state index contributed by atoms with van der Waals surface area (Å²) >= 11 is 0. The summed E-state index contributed by atoms with van der Waals surface area (Å²) in [5.41, 5.74) is 5.42. The number of rotatable bonds is 3. The van der Waals surface area contributed by atoms with Crippen LogP contribution in [0.4, 0.5) is 0 Å². The van der Waals surface area contributed by atoms with Crippen LogP contribution >= 0.6 is 0 Å². The van der Waals surface area contributed by atoms with Gasteiger partial charge in [0.2, 0.25) is 4.87 Å². The van der Waals surface area contributed by atoms with E-state index < -0.39 is 20.8 Å². The first-order valence-corrected chi connectivity index (χ1v) is 5.56. The molecule has 0 aromatic heterocycles. The number of carbonyl (C=O) groups excluding carboxylic acids is 1. The minimum atomic E-state index is -4.62. The fourth-order valence-electron chi connectivity index (χ4n) is 0.993. The summed E-state index contributed by atoms with van der Waals surface area (Å²) in [6.45, 7) is 0.956. The van der Waals surface area contributed by atoms with E-state index in [1.807, 2.05) is 0 Å². The van der Waals surface area contributed by atoms with Crippen molar-refractivity contribution in [2.75, 3.05) is 0 Å². The van der Waals surface area contributed by atoms with E-state index in [4.69, 9.17) is 10.3 Å². The van der Waals surface area contributed by atoms with Gasteiger partial charge in [0.15, 0.2) is 5.78 Å². The minimum Gasteiger partial charge on any atom is -0.304 e. The first kappa shape index (κ1) is 11.8. The summed E-state index contributed by atoms with van der Waals surface area (Å²) in [5.74, 6) is -0.842. The van der Waals surface area contributed by atoms with Gasteiger partial charge in [0, 0.05) is 5.56 Å². The van der Waals surface area contributed by atoms with Gasteiger partial charge in [-0.2, -0.15) is 8.42 Å².